The third-order valence-electron chi connectivity index (χ3n) is 1.17. The van der Waals surface area contributed by atoms with Crippen LogP contribution in [0.4, 0.5) is 4.39 Å². The topological polar surface area (TPSA) is 106 Å². The highest BCUT2D eigenvalue weighted by molar-refractivity contribution is 5.02. The highest BCUT2D eigenvalue weighted by atomic mass is 19.1. The maximum atomic E-state index is 12.6. The molecule has 7 heteroatoms. The molecule has 0 saturated carbocycles. The lowest BCUT2D eigenvalue weighted by Crippen LogP contribution is -2.28. The van der Waals surface area contributed by atoms with Crippen molar-refractivity contribution in [3.8, 4) is 0 Å². The van der Waals surface area contributed by atoms with Gasteiger partial charge >= 0.3 is 5.69 Å². The highest BCUT2D eigenvalue weighted by Crippen LogP contribution is 2.04. The second kappa shape index (κ2) is 2.88. The van der Waals surface area contributed by atoms with Gasteiger partial charge in [0.2, 0.25) is 5.82 Å². The van der Waals surface area contributed by atoms with E-state index in [-0.39, 0.29) is 0 Å². The normalized spacial score (nSPS) is 10.7. The van der Waals surface area contributed by atoms with Gasteiger partial charge in [0, 0.05) is 0 Å². The van der Waals surface area contributed by atoms with E-state index in [1.807, 2.05) is 0 Å². The molecule has 0 aliphatic heterocycles. The summed E-state index contributed by atoms with van der Waals surface area (Å²) in [4.78, 5) is 24.3. The molecule has 0 spiro atoms. The lowest BCUT2D eigenvalue weighted by atomic mass is 10.4. The summed E-state index contributed by atoms with van der Waals surface area (Å²) in [6.07, 6.45) is -2.21. The summed E-state index contributed by atoms with van der Waals surface area (Å²) in [5.41, 5.74) is -3.13. The summed E-state index contributed by atoms with van der Waals surface area (Å²) in [6.45, 7) is 0. The van der Waals surface area contributed by atoms with E-state index in [0.717, 1.165) is 0 Å². The predicted octanol–water partition coefficient (Wildman–Crippen LogP) is -1.81. The Labute approximate surface area is 64.3 Å². The van der Waals surface area contributed by atoms with Gasteiger partial charge in [-0.05, 0) is 0 Å². The molecule has 6 nitrogen and oxygen atoms in total. The first-order valence-electron chi connectivity index (χ1n) is 2.90. The zero-order valence-electron chi connectivity index (χ0n) is 5.67. The van der Waals surface area contributed by atoms with Gasteiger partial charge in [0.25, 0.3) is 5.56 Å². The first-order chi connectivity index (χ1) is 5.52. The number of hydrogen-bond donors (Lipinski definition) is 4. The van der Waals surface area contributed by atoms with Crippen LogP contribution in [0.3, 0.4) is 0 Å². The minimum Gasteiger partial charge on any atom is -0.363 e. The van der Waals surface area contributed by atoms with Crippen molar-refractivity contribution in [3.05, 3.63) is 32.3 Å². The Morgan fingerprint density at radius 1 is 1.25 bits per heavy atom. The van der Waals surface area contributed by atoms with Crippen molar-refractivity contribution in [2.75, 3.05) is 0 Å². The molecule has 12 heavy (non-hydrogen) atoms. The van der Waals surface area contributed by atoms with Crippen molar-refractivity contribution in [1.29, 1.82) is 0 Å². The Morgan fingerprint density at radius 2 is 1.83 bits per heavy atom. The van der Waals surface area contributed by atoms with E-state index in [0.29, 0.717) is 0 Å². The number of rotatable bonds is 1. The molecule has 1 rings (SSSR count). The van der Waals surface area contributed by atoms with E-state index in [1.54, 1.807) is 9.97 Å². The van der Waals surface area contributed by atoms with Crippen LogP contribution in [0.1, 0.15) is 12.0 Å². The van der Waals surface area contributed by atoms with Crippen LogP contribution in [0, 0.1) is 5.82 Å². The van der Waals surface area contributed by atoms with Gasteiger partial charge in [-0.2, -0.15) is 4.39 Å². The molecule has 0 aliphatic carbocycles. The van der Waals surface area contributed by atoms with Gasteiger partial charge in [0.15, 0.2) is 6.29 Å². The SMILES string of the molecule is O=c1[nH]c(C(O)O)c(F)c(=O)[nH]1. The van der Waals surface area contributed by atoms with Crippen molar-refractivity contribution in [3.63, 3.8) is 0 Å². The highest BCUT2D eigenvalue weighted by Gasteiger charge is 2.13. The summed E-state index contributed by atoms with van der Waals surface area (Å²) < 4.78 is 12.6. The van der Waals surface area contributed by atoms with Gasteiger partial charge in [-0.3, -0.25) is 9.78 Å². The van der Waals surface area contributed by atoms with E-state index in [4.69, 9.17) is 10.2 Å². The van der Waals surface area contributed by atoms with Crippen molar-refractivity contribution in [1.82, 2.24) is 9.97 Å². The van der Waals surface area contributed by atoms with Gasteiger partial charge < -0.3 is 15.2 Å². The van der Waals surface area contributed by atoms with E-state index in [2.05, 4.69) is 0 Å². The number of halogens is 1. The van der Waals surface area contributed by atoms with Crippen molar-refractivity contribution in [2.24, 2.45) is 0 Å². The lowest BCUT2D eigenvalue weighted by Gasteiger charge is -2.02. The minimum absolute atomic E-state index is 0.844. The summed E-state index contributed by atoms with van der Waals surface area (Å²) >= 11 is 0. The minimum atomic E-state index is -2.21. The molecule has 66 valence electrons. The van der Waals surface area contributed by atoms with Crippen LogP contribution >= 0.6 is 0 Å². The van der Waals surface area contributed by atoms with Gasteiger partial charge in [0.05, 0.1) is 0 Å². The average molecular weight is 176 g/mol. The standard InChI is InChI=1S/C5H5FN2O4/c6-1-2(4(10)11)7-5(12)8-3(1)9/h4,10-11H,(H2,7,8,9,12). The molecule has 4 N–H and O–H groups in total. The molecule has 1 aromatic rings. The van der Waals surface area contributed by atoms with Crippen molar-refractivity contribution < 1.29 is 14.6 Å². The number of H-pyrrole nitrogens is 2. The zero-order valence-corrected chi connectivity index (χ0v) is 5.67. The molecule has 0 atom stereocenters. The molecule has 1 heterocycles. The first kappa shape index (κ1) is 8.62. The predicted molar refractivity (Wildman–Crippen MR) is 34.8 cm³/mol. The van der Waals surface area contributed by atoms with Gasteiger partial charge in [-0.25, -0.2) is 4.79 Å². The smallest absolute Gasteiger partial charge is 0.326 e. The largest absolute Gasteiger partial charge is 0.363 e. The van der Waals surface area contributed by atoms with Crippen molar-refractivity contribution in [2.45, 2.75) is 6.29 Å². The average Bonchev–Trinajstić information content (AvgIpc) is 1.96. The lowest BCUT2D eigenvalue weighted by molar-refractivity contribution is -0.0489. The number of aromatic nitrogens is 2. The monoisotopic (exact) mass is 176 g/mol. The summed E-state index contributed by atoms with van der Waals surface area (Å²) in [5, 5.41) is 16.9. The Balaban J connectivity index is 3.49. The van der Waals surface area contributed by atoms with Crippen LogP contribution in [0.5, 0.6) is 0 Å². The van der Waals surface area contributed by atoms with E-state index in [9.17, 15) is 14.0 Å². The van der Waals surface area contributed by atoms with E-state index < -0.39 is 29.1 Å². The second-order valence-corrected chi connectivity index (χ2v) is 2.01. The molecule has 0 fully saturated rings. The first-order valence-corrected chi connectivity index (χ1v) is 2.90. The molecule has 0 bridgehead atoms. The maximum absolute atomic E-state index is 12.6. The third-order valence-corrected chi connectivity index (χ3v) is 1.17. The summed E-state index contributed by atoms with van der Waals surface area (Å²) in [5.74, 6) is -1.41. The molecule has 0 amide bonds. The van der Waals surface area contributed by atoms with Crippen LogP contribution in [0.2, 0.25) is 0 Å². The Morgan fingerprint density at radius 3 is 2.33 bits per heavy atom. The van der Waals surface area contributed by atoms with Gasteiger partial charge in [-0.15, -0.1) is 0 Å². The molecule has 0 unspecified atom stereocenters. The molecule has 0 aliphatic rings. The van der Waals surface area contributed by atoms with Crippen LogP contribution in [0.25, 0.3) is 0 Å². The fourth-order valence-corrected chi connectivity index (χ4v) is 0.667. The molecular weight excluding hydrogens is 171 g/mol. The summed E-state index contributed by atoms with van der Waals surface area (Å²) in [7, 11) is 0. The molecule has 0 saturated heterocycles. The number of aliphatic hydroxyl groups is 2. The van der Waals surface area contributed by atoms with Gasteiger partial charge in [-0.1, -0.05) is 0 Å². The zero-order chi connectivity index (χ0) is 9.30. The Hall–Kier alpha value is -1.47. The summed E-state index contributed by atoms with van der Waals surface area (Å²) in [6, 6.07) is 0. The fourth-order valence-electron chi connectivity index (χ4n) is 0.667. The van der Waals surface area contributed by atoms with E-state index >= 15 is 0 Å². The molecule has 0 aromatic carbocycles. The quantitative estimate of drug-likeness (QED) is 0.378. The number of aliphatic hydroxyl groups excluding tert-OH is 1. The maximum Gasteiger partial charge on any atom is 0.326 e. The van der Waals surface area contributed by atoms with Crippen LogP contribution in [-0.4, -0.2) is 20.2 Å². The molecular formula is C5H5FN2O4. The van der Waals surface area contributed by atoms with E-state index in [1.165, 1.54) is 0 Å². The van der Waals surface area contributed by atoms with Crippen LogP contribution in [-0.2, 0) is 0 Å². The van der Waals surface area contributed by atoms with Crippen LogP contribution < -0.4 is 11.2 Å². The molecule has 1 aromatic heterocycles. The third kappa shape index (κ3) is 1.41. The Kier molecular flexibility index (Phi) is 2.07. The van der Waals surface area contributed by atoms with Gasteiger partial charge in [0.1, 0.15) is 5.69 Å². The number of hydrogen-bond acceptors (Lipinski definition) is 4. The van der Waals surface area contributed by atoms with Crippen LogP contribution in [0.15, 0.2) is 9.59 Å². The second-order valence-electron chi connectivity index (χ2n) is 2.01. The number of aromatic amines is 2. The van der Waals surface area contributed by atoms with Crippen molar-refractivity contribution >= 4 is 0 Å². The fraction of sp³-hybridized carbons (Fsp3) is 0.200. The number of nitrogens with one attached hydrogen (secondary N) is 2. The molecule has 0 radical (unpaired) electrons. The Bertz CT molecular complexity index is 393.